The van der Waals surface area contributed by atoms with Crippen LogP contribution in [0.5, 0.6) is 0 Å². The second-order valence-electron chi connectivity index (χ2n) is 32.5. The average Bonchev–Trinajstić information content (AvgIpc) is 1.19. The third-order valence-corrected chi connectivity index (χ3v) is 19.6. The molecule has 126 heavy (non-hydrogen) atoms. The minimum absolute atomic E-state index is 0.0753. The van der Waals surface area contributed by atoms with Crippen molar-refractivity contribution in [3.05, 3.63) is 108 Å². The lowest BCUT2D eigenvalue weighted by atomic mass is 9.98. The molecule has 2 heterocycles. The van der Waals surface area contributed by atoms with Crippen molar-refractivity contribution in [2.24, 2.45) is 41.1 Å². The molecule has 0 fully saturated rings. The molecule has 0 aliphatic heterocycles. The van der Waals surface area contributed by atoms with E-state index in [4.69, 9.17) is 16.9 Å². The summed E-state index contributed by atoms with van der Waals surface area (Å²) in [6.45, 7) is 18.2. The number of H-pyrrole nitrogens is 2. The van der Waals surface area contributed by atoms with E-state index in [1.165, 1.54) is 25.0 Å². The average molecular weight is 1770 g/mol. The zero-order valence-corrected chi connectivity index (χ0v) is 72.6. The normalized spacial score (nSPS) is 15.1. The van der Waals surface area contributed by atoms with Crippen LogP contribution in [0.25, 0.3) is 0 Å². The number of amides is 14. The van der Waals surface area contributed by atoms with Gasteiger partial charge in [0.25, 0.3) is 0 Å². The number of nitrogens with two attached hydrogens (primary N) is 2. The molecule has 0 spiro atoms. The Kier molecular flexibility index (Phi) is 44.0. The van der Waals surface area contributed by atoms with Gasteiger partial charge in [-0.25, -0.2) is 14.8 Å². The first-order valence-corrected chi connectivity index (χ1v) is 41.4. The molecule has 16 atom stereocenters. The number of aliphatic hydroxyl groups excluding tert-OH is 2. The molecule has 0 saturated heterocycles. The number of guanidine groups is 1. The highest BCUT2D eigenvalue weighted by Crippen LogP contribution is 2.16. The molecular formula is C82H124N22O22. The third-order valence-electron chi connectivity index (χ3n) is 19.6. The van der Waals surface area contributed by atoms with Crippen LogP contribution in [0.3, 0.4) is 0 Å². The summed E-state index contributed by atoms with van der Waals surface area (Å²) < 4.78 is 0. The number of carbonyl (C=O) groups is 17. The molecule has 0 aliphatic rings. The van der Waals surface area contributed by atoms with Gasteiger partial charge in [-0.3, -0.25) is 82.1 Å². The van der Waals surface area contributed by atoms with E-state index in [-0.39, 0.29) is 61.9 Å². The van der Waals surface area contributed by atoms with Gasteiger partial charge in [-0.1, -0.05) is 130 Å². The van der Waals surface area contributed by atoms with Crippen molar-refractivity contribution < 1.29 is 107 Å². The topological polar surface area (TPSA) is 705 Å². The van der Waals surface area contributed by atoms with Crippen LogP contribution in [0.4, 0.5) is 0 Å². The molecule has 0 bridgehead atoms. The molecule has 44 heteroatoms. The highest BCUT2D eigenvalue weighted by molar-refractivity contribution is 6.01. The highest BCUT2D eigenvalue weighted by Gasteiger charge is 2.41. The fraction of sp³-hybridized carbons (Fsp3) is 0.561. The molecular weight excluding hydrogens is 1650 g/mol. The quantitative estimate of drug-likeness (QED) is 0.0113. The maximum absolute atomic E-state index is 14.9. The lowest BCUT2D eigenvalue weighted by molar-refractivity contribution is -0.143. The van der Waals surface area contributed by atoms with E-state index < -0.39 is 260 Å². The van der Waals surface area contributed by atoms with E-state index in [0.717, 1.165) is 13.8 Å². The summed E-state index contributed by atoms with van der Waals surface area (Å²) in [5, 5.41) is 96.5. The summed E-state index contributed by atoms with van der Waals surface area (Å²) in [4.78, 5) is 249. The Labute approximate surface area is 728 Å². The molecule has 0 radical (unpaired) electrons. The van der Waals surface area contributed by atoms with Gasteiger partial charge in [0, 0.05) is 51.0 Å². The highest BCUT2D eigenvalue weighted by atomic mass is 16.4. The Morgan fingerprint density at radius 1 is 0.389 bits per heavy atom. The molecule has 14 amide bonds. The van der Waals surface area contributed by atoms with E-state index in [1.54, 1.807) is 116 Å². The summed E-state index contributed by atoms with van der Waals surface area (Å²) >= 11 is 0. The van der Waals surface area contributed by atoms with Crippen LogP contribution in [0, 0.1) is 35.0 Å². The number of imidazole rings is 2. The first kappa shape index (κ1) is 105. The van der Waals surface area contributed by atoms with Gasteiger partial charge in [-0.05, 0) is 86.7 Å². The van der Waals surface area contributed by atoms with Crippen molar-refractivity contribution in [3.8, 4) is 0 Å². The molecule has 4 rings (SSSR count). The van der Waals surface area contributed by atoms with Crippen LogP contribution in [0.1, 0.15) is 151 Å². The maximum Gasteiger partial charge on any atom is 0.326 e. The predicted molar refractivity (Wildman–Crippen MR) is 454 cm³/mol. The molecule has 0 unspecified atom stereocenters. The van der Waals surface area contributed by atoms with Gasteiger partial charge >= 0.3 is 17.9 Å². The molecule has 27 N–H and O–H groups in total. The number of aliphatic carboxylic acids is 3. The SMILES string of the molecule is CC(C)C[C@H](NC(=O)[C@@H](NC(=O)[C@H](Cc1c[nH]cn1)NC(=O)[C@@H](NC(=O)[C@H](Cc1ccccc1)NC(=O)[C@@H](NC(=O)[C@H](CCCNC(=N)N)NC(=O)CNC(=O)[C@@H](NC(=O)[C@@H](N)CC(C)C)C(C)C)C(C)C)C(C)C)[C@@H](C)O)C(=O)N[C@@H](CC(=O)O)C(=O)N[C@@H](Cc1c[nH]cn1)C(=O)N[C@@H](CCC(=O)O)C(=O)N[C@H](C(=O)N[C@@H](Cc1ccccc1)C(=O)O)[C@@H](C)O. The summed E-state index contributed by atoms with van der Waals surface area (Å²) in [5.41, 5.74) is 12.8. The lowest BCUT2D eigenvalue weighted by Gasteiger charge is -2.30. The number of hydrogen-bond acceptors (Lipinski definition) is 23. The number of aliphatic hydroxyl groups is 2. The van der Waals surface area contributed by atoms with Crippen LogP contribution in [-0.4, -0.2) is 262 Å². The number of hydrogen-bond donors (Lipinski definition) is 25. The summed E-state index contributed by atoms with van der Waals surface area (Å²) in [6.07, 6.45) is -2.34. The number of rotatable bonds is 55. The largest absolute Gasteiger partial charge is 0.481 e. The van der Waals surface area contributed by atoms with E-state index in [0.29, 0.717) is 17.5 Å². The molecule has 2 aromatic carbocycles. The van der Waals surface area contributed by atoms with Crippen molar-refractivity contribution in [2.45, 2.75) is 251 Å². The van der Waals surface area contributed by atoms with Gasteiger partial charge in [0.15, 0.2) is 5.96 Å². The second kappa shape index (κ2) is 52.6. The van der Waals surface area contributed by atoms with Crippen molar-refractivity contribution in [1.29, 1.82) is 5.41 Å². The van der Waals surface area contributed by atoms with E-state index in [9.17, 15) is 107 Å². The molecule has 44 nitrogen and oxygen atoms in total. The Morgan fingerprint density at radius 2 is 0.746 bits per heavy atom. The number of nitrogens with zero attached hydrogens (tertiary/aromatic N) is 2. The molecule has 0 aliphatic carbocycles. The van der Waals surface area contributed by atoms with Gasteiger partial charge in [0.2, 0.25) is 82.7 Å². The van der Waals surface area contributed by atoms with Crippen LogP contribution in [-0.2, 0) is 107 Å². The summed E-state index contributed by atoms with van der Waals surface area (Å²) in [5.74, 6) is -21.8. The van der Waals surface area contributed by atoms with E-state index in [2.05, 4.69) is 99.7 Å². The van der Waals surface area contributed by atoms with Crippen molar-refractivity contribution in [1.82, 2.24) is 99.7 Å². The summed E-state index contributed by atoms with van der Waals surface area (Å²) in [7, 11) is 0. The van der Waals surface area contributed by atoms with Crippen LogP contribution in [0.15, 0.2) is 85.7 Å². The number of nitrogens with one attached hydrogen (secondary N) is 18. The lowest BCUT2D eigenvalue weighted by Crippen LogP contribution is -2.63. The van der Waals surface area contributed by atoms with E-state index >= 15 is 0 Å². The smallest absolute Gasteiger partial charge is 0.326 e. The van der Waals surface area contributed by atoms with Gasteiger partial charge in [0.05, 0.1) is 55.3 Å². The Bertz CT molecular complexity index is 4300. The van der Waals surface area contributed by atoms with Crippen molar-refractivity contribution >= 4 is 107 Å². The first-order chi connectivity index (χ1) is 59.2. The second-order valence-corrected chi connectivity index (χ2v) is 32.5. The standard InChI is InChI=1S/C82H124N22O22/c1-40(2)28-51(83)68(112)100-63(42(5)6)76(120)89-37-60(107)92-52(24-19-27-88-82(84)85)69(113)101-64(43(7)8)77(121)97-55(30-47-20-15-13-16-21-47)74(118)102-65(44(9)10)78(122)98-57(33-50-36-87-39-91-50)75(119)104-66(45(11)105)79(123)96-54(29-41(3)4)71(115)95-58(34-62(110)111)73(117)94-56(32-49-35-86-38-90-49)72(116)93-53(25-26-61(108)109)70(114)103-67(46(12)106)80(124)99-59(81(125)126)31-48-22-17-14-18-23-48/h13-18,20-23,35-36,38-46,51-59,63-67,105-106H,19,24-34,37,83H2,1-12H3,(H,86,90)(H,87,91)(H,89,120)(H,92,107)(H,93,116)(H,94,117)(H,95,115)(H,96,123)(H,97,121)(H,98,122)(H,99,124)(H,100,112)(H,101,113)(H,102,118)(H,103,114)(H,104,119)(H,108,109)(H,110,111)(H,125,126)(H4,84,85,88)/t45-,46-,51+,52+,53+,54+,55+,56+,57+,58+,59+,63+,64+,65+,66+,67+/m1/s1. The van der Waals surface area contributed by atoms with Gasteiger partial charge < -0.3 is 127 Å². The molecule has 694 valence electrons. The Morgan fingerprint density at radius 3 is 1.16 bits per heavy atom. The monoisotopic (exact) mass is 1770 g/mol. The van der Waals surface area contributed by atoms with Crippen molar-refractivity contribution in [2.75, 3.05) is 13.1 Å². The summed E-state index contributed by atoms with van der Waals surface area (Å²) in [6, 6.07) is -6.03. The number of benzene rings is 2. The van der Waals surface area contributed by atoms with Gasteiger partial charge in [0.1, 0.15) is 78.5 Å². The van der Waals surface area contributed by atoms with Crippen LogP contribution < -0.4 is 91.2 Å². The minimum Gasteiger partial charge on any atom is -0.481 e. The Balaban J connectivity index is 1.59. The minimum atomic E-state index is -2.10. The fourth-order valence-corrected chi connectivity index (χ4v) is 12.9. The maximum atomic E-state index is 14.9. The number of aromatic nitrogens is 4. The zero-order valence-electron chi connectivity index (χ0n) is 72.6. The number of aromatic amines is 2. The fourth-order valence-electron chi connectivity index (χ4n) is 12.9. The third kappa shape index (κ3) is 37.2. The molecule has 2 aromatic heterocycles. The zero-order chi connectivity index (χ0) is 94.4. The van der Waals surface area contributed by atoms with Crippen LogP contribution in [0.2, 0.25) is 0 Å². The first-order valence-electron chi connectivity index (χ1n) is 41.4. The van der Waals surface area contributed by atoms with Gasteiger partial charge in [-0.15, -0.1) is 0 Å². The number of carboxylic acids is 3. The molecule has 0 saturated carbocycles. The predicted octanol–water partition coefficient (Wildman–Crippen LogP) is -4.34. The van der Waals surface area contributed by atoms with Crippen LogP contribution >= 0.6 is 0 Å². The van der Waals surface area contributed by atoms with Crippen molar-refractivity contribution in [3.63, 3.8) is 0 Å². The number of carboxylic acid groups (broad SMARTS) is 3. The molecule has 4 aromatic rings. The number of carbonyl (C=O) groups excluding carboxylic acids is 14. The van der Waals surface area contributed by atoms with Gasteiger partial charge in [-0.2, -0.15) is 0 Å². The Hall–Kier alpha value is -13.0. The van der Waals surface area contributed by atoms with E-state index in [1.807, 2.05) is 13.8 Å².